The zero-order chi connectivity index (χ0) is 18.0. The largest absolute Gasteiger partial charge is 0.466 e. The number of Topliss-reactive ketones (excluding diaryl/α,β-unsaturated/α-hetero) is 1. The Labute approximate surface area is 140 Å². The molecule has 1 N–H and O–H groups in total. The van der Waals surface area contributed by atoms with Crippen LogP contribution in [0.4, 0.5) is 0 Å². The highest BCUT2D eigenvalue weighted by Crippen LogP contribution is 2.48. The van der Waals surface area contributed by atoms with E-state index in [1.807, 2.05) is 0 Å². The van der Waals surface area contributed by atoms with Gasteiger partial charge < -0.3 is 14.6 Å². The summed E-state index contributed by atoms with van der Waals surface area (Å²) < 4.78 is 4.56. The van der Waals surface area contributed by atoms with Gasteiger partial charge in [-0.2, -0.15) is 0 Å². The molecule has 0 unspecified atom stereocenters. The van der Waals surface area contributed by atoms with Gasteiger partial charge in [-0.25, -0.2) is 4.79 Å². The second-order valence-corrected chi connectivity index (χ2v) is 6.19. The molecule has 0 saturated heterocycles. The summed E-state index contributed by atoms with van der Waals surface area (Å²) in [6, 6.07) is 6.70. The van der Waals surface area contributed by atoms with E-state index in [4.69, 9.17) is 0 Å². The van der Waals surface area contributed by atoms with Crippen molar-refractivity contribution in [2.24, 2.45) is 5.41 Å². The molecule has 1 aromatic carbocycles. The van der Waals surface area contributed by atoms with Crippen molar-refractivity contribution < 1.29 is 24.2 Å². The Morgan fingerprint density at radius 1 is 1.33 bits per heavy atom. The molecule has 1 aliphatic carbocycles. The highest BCUT2D eigenvalue weighted by Gasteiger charge is 2.52. The smallest absolute Gasteiger partial charge is 0.330 e. The SMILES string of the molecule is COC(=O)/C=C(C)\C=C\[C@@]1(O)c2ccccc2C(=O)C[C@]1(C)C=O. The quantitative estimate of drug-likeness (QED) is 0.397. The fraction of sp³-hybridized carbons (Fsp3) is 0.316. The standard InChI is InChI=1S/C19H20O5/c1-13(10-17(22)24-3)8-9-19(23)15-7-5-4-6-14(15)16(21)11-18(19,2)12-20/h4-10,12,23H,11H2,1-3H3/b9-8+,13-10-/t18-,19-/m1/s1. The van der Waals surface area contributed by atoms with Crippen LogP contribution in [-0.4, -0.2) is 30.3 Å². The van der Waals surface area contributed by atoms with E-state index in [1.54, 1.807) is 44.2 Å². The molecule has 2 atom stereocenters. The molecule has 0 spiro atoms. The van der Waals surface area contributed by atoms with Crippen LogP contribution in [0.3, 0.4) is 0 Å². The maximum atomic E-state index is 12.3. The topological polar surface area (TPSA) is 80.7 Å². The second kappa shape index (κ2) is 6.53. The minimum absolute atomic E-state index is 0.0892. The summed E-state index contributed by atoms with van der Waals surface area (Å²) in [5, 5.41) is 11.3. The van der Waals surface area contributed by atoms with Gasteiger partial charge in [-0.05, 0) is 31.1 Å². The highest BCUT2D eigenvalue weighted by molar-refractivity contribution is 6.02. The molecule has 0 aromatic heterocycles. The Balaban J connectivity index is 2.56. The van der Waals surface area contributed by atoms with E-state index in [0.29, 0.717) is 23.0 Å². The van der Waals surface area contributed by atoms with Crippen molar-refractivity contribution in [3.05, 3.63) is 59.2 Å². The molecular weight excluding hydrogens is 308 g/mol. The zero-order valence-electron chi connectivity index (χ0n) is 13.9. The van der Waals surface area contributed by atoms with Crippen LogP contribution in [0, 0.1) is 5.41 Å². The molecular formula is C19H20O5. The summed E-state index contributed by atoms with van der Waals surface area (Å²) in [5.41, 5.74) is -1.60. The van der Waals surface area contributed by atoms with Gasteiger partial charge in [0.2, 0.25) is 0 Å². The number of carbonyl (C=O) groups is 3. The minimum atomic E-state index is -1.65. The summed E-state index contributed by atoms with van der Waals surface area (Å²) >= 11 is 0. The number of aldehydes is 1. The van der Waals surface area contributed by atoms with E-state index in [-0.39, 0.29) is 12.2 Å². The fourth-order valence-electron chi connectivity index (χ4n) is 2.89. The predicted molar refractivity (Wildman–Crippen MR) is 88.4 cm³/mol. The van der Waals surface area contributed by atoms with Crippen molar-refractivity contribution in [3.63, 3.8) is 0 Å². The van der Waals surface area contributed by atoms with Gasteiger partial charge in [0.25, 0.3) is 0 Å². The molecule has 24 heavy (non-hydrogen) atoms. The summed E-state index contributed by atoms with van der Waals surface area (Å²) in [6.07, 6.45) is 4.81. The lowest BCUT2D eigenvalue weighted by Crippen LogP contribution is -2.49. The van der Waals surface area contributed by atoms with Crippen LogP contribution in [0.2, 0.25) is 0 Å². The summed E-state index contributed by atoms with van der Waals surface area (Å²) in [7, 11) is 1.27. The molecule has 1 aromatic rings. The lowest BCUT2D eigenvalue weighted by atomic mass is 9.62. The molecule has 0 heterocycles. The Bertz CT molecular complexity index is 746. The van der Waals surface area contributed by atoms with Gasteiger partial charge in [-0.3, -0.25) is 4.79 Å². The average Bonchev–Trinajstić information content (AvgIpc) is 2.58. The summed E-state index contributed by atoms with van der Waals surface area (Å²) in [5.74, 6) is -0.693. The molecule has 126 valence electrons. The minimum Gasteiger partial charge on any atom is -0.466 e. The first-order valence-corrected chi connectivity index (χ1v) is 7.54. The van der Waals surface area contributed by atoms with E-state index in [2.05, 4.69) is 4.74 Å². The molecule has 1 aliphatic rings. The maximum Gasteiger partial charge on any atom is 0.330 e. The van der Waals surface area contributed by atoms with E-state index >= 15 is 0 Å². The molecule has 5 nitrogen and oxygen atoms in total. The summed E-state index contributed by atoms with van der Waals surface area (Å²) in [4.78, 5) is 35.3. The monoisotopic (exact) mass is 328 g/mol. The number of methoxy groups -OCH3 is 1. The third-order valence-electron chi connectivity index (χ3n) is 4.43. The predicted octanol–water partition coefficient (Wildman–Crippen LogP) is 2.34. The zero-order valence-corrected chi connectivity index (χ0v) is 13.9. The lowest BCUT2D eigenvalue weighted by Gasteiger charge is -2.43. The number of ether oxygens (including phenoxy) is 1. The molecule has 2 rings (SSSR count). The number of hydrogen-bond acceptors (Lipinski definition) is 5. The first-order valence-electron chi connectivity index (χ1n) is 7.54. The number of rotatable bonds is 4. The molecule has 0 fully saturated rings. The van der Waals surface area contributed by atoms with Crippen LogP contribution >= 0.6 is 0 Å². The van der Waals surface area contributed by atoms with E-state index in [0.717, 1.165) is 0 Å². The number of esters is 1. The van der Waals surface area contributed by atoms with Crippen molar-refractivity contribution in [1.29, 1.82) is 0 Å². The molecule has 0 bridgehead atoms. The third kappa shape index (κ3) is 2.95. The van der Waals surface area contributed by atoms with Crippen LogP contribution in [0.5, 0.6) is 0 Å². The number of hydrogen-bond donors (Lipinski definition) is 1. The summed E-state index contributed by atoms with van der Waals surface area (Å²) in [6.45, 7) is 3.23. The van der Waals surface area contributed by atoms with Crippen molar-refractivity contribution >= 4 is 18.0 Å². The Morgan fingerprint density at radius 2 is 2.00 bits per heavy atom. The van der Waals surface area contributed by atoms with Crippen LogP contribution in [-0.2, 0) is 19.9 Å². The Kier molecular flexibility index (Phi) is 4.85. The van der Waals surface area contributed by atoms with Gasteiger partial charge in [0, 0.05) is 18.1 Å². The van der Waals surface area contributed by atoms with Gasteiger partial charge >= 0.3 is 5.97 Å². The average molecular weight is 328 g/mol. The number of benzene rings is 1. The van der Waals surface area contributed by atoms with Gasteiger partial charge in [0.05, 0.1) is 12.5 Å². The number of fused-ring (bicyclic) bond motifs is 1. The van der Waals surface area contributed by atoms with E-state index < -0.39 is 17.0 Å². The first kappa shape index (κ1) is 17.8. The van der Waals surface area contributed by atoms with Gasteiger partial charge in [0.15, 0.2) is 5.78 Å². The number of aliphatic hydroxyl groups is 1. The van der Waals surface area contributed by atoms with Crippen molar-refractivity contribution in [1.82, 2.24) is 0 Å². The number of ketones is 1. The van der Waals surface area contributed by atoms with Crippen LogP contribution in [0.25, 0.3) is 0 Å². The van der Waals surface area contributed by atoms with Crippen molar-refractivity contribution in [2.75, 3.05) is 7.11 Å². The normalized spacial score (nSPS) is 27.0. The van der Waals surface area contributed by atoms with Crippen LogP contribution < -0.4 is 0 Å². The lowest BCUT2D eigenvalue weighted by molar-refractivity contribution is -0.135. The number of allylic oxidation sites excluding steroid dienone is 2. The van der Waals surface area contributed by atoms with Gasteiger partial charge in [-0.1, -0.05) is 30.3 Å². The number of carbonyl (C=O) groups excluding carboxylic acids is 3. The van der Waals surface area contributed by atoms with E-state index in [9.17, 15) is 19.5 Å². The molecule has 0 radical (unpaired) electrons. The maximum absolute atomic E-state index is 12.3. The van der Waals surface area contributed by atoms with Crippen molar-refractivity contribution in [3.8, 4) is 0 Å². The first-order chi connectivity index (χ1) is 11.3. The fourth-order valence-corrected chi connectivity index (χ4v) is 2.89. The van der Waals surface area contributed by atoms with E-state index in [1.165, 1.54) is 19.3 Å². The third-order valence-corrected chi connectivity index (χ3v) is 4.43. The van der Waals surface area contributed by atoms with Crippen LogP contribution in [0.1, 0.15) is 36.2 Å². The van der Waals surface area contributed by atoms with Crippen molar-refractivity contribution in [2.45, 2.75) is 25.9 Å². The molecule has 0 aliphatic heterocycles. The van der Waals surface area contributed by atoms with Crippen LogP contribution in [0.15, 0.2) is 48.1 Å². The molecule has 0 amide bonds. The van der Waals surface area contributed by atoms with Gasteiger partial charge in [0.1, 0.15) is 11.9 Å². The molecule has 5 heteroatoms. The second-order valence-electron chi connectivity index (χ2n) is 6.19. The Hall–Kier alpha value is -2.53. The molecule has 0 saturated carbocycles. The van der Waals surface area contributed by atoms with Gasteiger partial charge in [-0.15, -0.1) is 0 Å². The highest BCUT2D eigenvalue weighted by atomic mass is 16.5. The Morgan fingerprint density at radius 3 is 2.62 bits per heavy atom.